The maximum absolute atomic E-state index is 6.55. The number of benzene rings is 1. The molecule has 0 saturated carbocycles. The van der Waals surface area contributed by atoms with Gasteiger partial charge in [-0.2, -0.15) is 0 Å². The van der Waals surface area contributed by atoms with E-state index < -0.39 is 0 Å². The molecule has 2 aliphatic rings. The molecule has 126 valence electrons. The van der Waals surface area contributed by atoms with Gasteiger partial charge in [0.25, 0.3) is 0 Å². The summed E-state index contributed by atoms with van der Waals surface area (Å²) >= 11 is 0. The molecule has 3 rings (SSSR count). The standard InChI is InChI=1S/C21H30O2/c1-15(2)9-8-12-21(5)17-13-20(3,4)14-22-19(17)16-10-6-7-11-18(16)23-21/h6-7,9-11,17,19H,8,12-14H2,1-5H3/t17-,19-,21+/m0/s1. The Kier molecular flexibility index (Phi) is 4.31. The van der Waals surface area contributed by atoms with E-state index in [1.54, 1.807) is 0 Å². The van der Waals surface area contributed by atoms with Crippen LogP contribution in [-0.4, -0.2) is 12.2 Å². The van der Waals surface area contributed by atoms with Gasteiger partial charge in [-0.15, -0.1) is 0 Å². The van der Waals surface area contributed by atoms with Crippen molar-refractivity contribution in [1.82, 2.24) is 0 Å². The van der Waals surface area contributed by atoms with Crippen molar-refractivity contribution in [3.63, 3.8) is 0 Å². The van der Waals surface area contributed by atoms with Crippen molar-refractivity contribution in [3.05, 3.63) is 41.5 Å². The summed E-state index contributed by atoms with van der Waals surface area (Å²) in [6, 6.07) is 8.41. The third-order valence-electron chi connectivity index (χ3n) is 5.34. The van der Waals surface area contributed by atoms with Crippen LogP contribution in [0.15, 0.2) is 35.9 Å². The maximum Gasteiger partial charge on any atom is 0.125 e. The zero-order valence-corrected chi connectivity index (χ0v) is 15.2. The second kappa shape index (κ2) is 5.98. The third-order valence-corrected chi connectivity index (χ3v) is 5.34. The molecule has 1 fully saturated rings. The van der Waals surface area contributed by atoms with Gasteiger partial charge in [0.05, 0.1) is 12.7 Å². The summed E-state index contributed by atoms with van der Waals surface area (Å²) in [5.41, 5.74) is 2.66. The Hall–Kier alpha value is -1.28. The molecule has 0 aliphatic carbocycles. The lowest BCUT2D eigenvalue weighted by Gasteiger charge is -2.52. The van der Waals surface area contributed by atoms with Gasteiger partial charge in [0.1, 0.15) is 11.4 Å². The first kappa shape index (κ1) is 16.6. The maximum atomic E-state index is 6.55. The van der Waals surface area contributed by atoms with Crippen molar-refractivity contribution in [1.29, 1.82) is 0 Å². The molecule has 2 heterocycles. The molecule has 23 heavy (non-hydrogen) atoms. The molecule has 1 aromatic rings. The summed E-state index contributed by atoms with van der Waals surface area (Å²) in [6.07, 6.45) is 5.73. The highest BCUT2D eigenvalue weighted by Crippen LogP contribution is 2.54. The fourth-order valence-electron chi connectivity index (χ4n) is 4.05. The molecular formula is C21H30O2. The molecule has 2 aliphatic heterocycles. The van der Waals surface area contributed by atoms with E-state index in [9.17, 15) is 0 Å². The Morgan fingerprint density at radius 1 is 1.22 bits per heavy atom. The fraction of sp³-hybridized carbons (Fsp3) is 0.619. The smallest absolute Gasteiger partial charge is 0.125 e. The Labute approximate surface area is 140 Å². The van der Waals surface area contributed by atoms with Crippen LogP contribution in [-0.2, 0) is 4.74 Å². The molecule has 0 unspecified atom stereocenters. The monoisotopic (exact) mass is 314 g/mol. The molecule has 0 amide bonds. The summed E-state index contributed by atoms with van der Waals surface area (Å²) < 4.78 is 12.9. The molecule has 0 bridgehead atoms. The average Bonchev–Trinajstić information content (AvgIpc) is 2.46. The Morgan fingerprint density at radius 3 is 2.70 bits per heavy atom. The van der Waals surface area contributed by atoms with Crippen LogP contribution in [0.2, 0.25) is 0 Å². The van der Waals surface area contributed by atoms with Crippen molar-refractivity contribution >= 4 is 0 Å². The summed E-state index contributed by atoms with van der Waals surface area (Å²) in [7, 11) is 0. The van der Waals surface area contributed by atoms with Gasteiger partial charge in [-0.3, -0.25) is 0 Å². The third kappa shape index (κ3) is 3.33. The molecular weight excluding hydrogens is 284 g/mol. The second-order valence-corrected chi connectivity index (χ2v) is 8.48. The topological polar surface area (TPSA) is 18.5 Å². The van der Waals surface area contributed by atoms with E-state index in [4.69, 9.17) is 9.47 Å². The molecule has 0 aromatic heterocycles. The average molecular weight is 314 g/mol. The van der Waals surface area contributed by atoms with Gasteiger partial charge < -0.3 is 9.47 Å². The lowest BCUT2D eigenvalue weighted by atomic mass is 9.67. The molecule has 0 spiro atoms. The van der Waals surface area contributed by atoms with Crippen LogP contribution in [0, 0.1) is 11.3 Å². The van der Waals surface area contributed by atoms with Crippen molar-refractivity contribution in [2.45, 2.75) is 65.6 Å². The first-order valence-electron chi connectivity index (χ1n) is 8.84. The lowest BCUT2D eigenvalue weighted by Crippen LogP contribution is -2.52. The Bertz CT molecular complexity index is 598. The fourth-order valence-corrected chi connectivity index (χ4v) is 4.05. The van der Waals surface area contributed by atoms with Gasteiger partial charge in [-0.25, -0.2) is 0 Å². The highest BCUT2D eigenvalue weighted by Gasteiger charge is 2.51. The SMILES string of the molecule is CC(C)=CCC[C@@]1(C)Oc2ccccc2[C@@H]2OCC(C)(C)C[C@@H]21. The summed E-state index contributed by atoms with van der Waals surface area (Å²) in [5, 5.41) is 0. The van der Waals surface area contributed by atoms with E-state index in [1.165, 1.54) is 11.1 Å². The van der Waals surface area contributed by atoms with Gasteiger partial charge in [-0.05, 0) is 51.5 Å². The summed E-state index contributed by atoms with van der Waals surface area (Å²) in [5.74, 6) is 1.42. The van der Waals surface area contributed by atoms with Crippen molar-refractivity contribution in [2.24, 2.45) is 11.3 Å². The zero-order chi connectivity index (χ0) is 16.7. The van der Waals surface area contributed by atoms with E-state index in [0.717, 1.165) is 31.6 Å². The van der Waals surface area contributed by atoms with Crippen molar-refractivity contribution in [3.8, 4) is 5.75 Å². The van der Waals surface area contributed by atoms with Gasteiger partial charge in [0, 0.05) is 11.5 Å². The number of rotatable bonds is 3. The van der Waals surface area contributed by atoms with Crippen LogP contribution in [0.25, 0.3) is 0 Å². The molecule has 2 nitrogen and oxygen atoms in total. The van der Waals surface area contributed by atoms with Gasteiger partial charge in [0.15, 0.2) is 0 Å². The van der Waals surface area contributed by atoms with E-state index >= 15 is 0 Å². The normalized spacial score (nSPS) is 31.5. The first-order chi connectivity index (χ1) is 10.8. The van der Waals surface area contributed by atoms with Crippen molar-refractivity contribution < 1.29 is 9.47 Å². The van der Waals surface area contributed by atoms with Crippen LogP contribution in [0.1, 0.15) is 65.5 Å². The molecule has 0 radical (unpaired) electrons. The van der Waals surface area contributed by atoms with E-state index in [1.807, 2.05) is 0 Å². The predicted molar refractivity (Wildman–Crippen MR) is 94.7 cm³/mol. The minimum absolute atomic E-state index is 0.164. The highest BCUT2D eigenvalue weighted by molar-refractivity contribution is 5.39. The lowest BCUT2D eigenvalue weighted by molar-refractivity contribution is -0.162. The van der Waals surface area contributed by atoms with Gasteiger partial charge in [0.2, 0.25) is 0 Å². The predicted octanol–water partition coefficient (Wildman–Crippen LogP) is 5.69. The quantitative estimate of drug-likeness (QED) is 0.667. The Morgan fingerprint density at radius 2 is 1.96 bits per heavy atom. The molecule has 1 aromatic carbocycles. The summed E-state index contributed by atoms with van der Waals surface area (Å²) in [4.78, 5) is 0. The van der Waals surface area contributed by atoms with Crippen LogP contribution in [0.5, 0.6) is 5.75 Å². The number of para-hydroxylation sites is 1. The number of allylic oxidation sites excluding steroid dienone is 2. The minimum atomic E-state index is -0.164. The number of fused-ring (bicyclic) bond motifs is 3. The second-order valence-electron chi connectivity index (χ2n) is 8.48. The van der Waals surface area contributed by atoms with Crippen LogP contribution >= 0.6 is 0 Å². The number of ether oxygens (including phenoxy) is 2. The van der Waals surface area contributed by atoms with Gasteiger partial charge in [-0.1, -0.05) is 43.7 Å². The van der Waals surface area contributed by atoms with Crippen LogP contribution in [0.3, 0.4) is 0 Å². The summed E-state index contributed by atoms with van der Waals surface area (Å²) in [6.45, 7) is 12.0. The minimum Gasteiger partial charge on any atom is -0.487 e. The van der Waals surface area contributed by atoms with E-state index in [0.29, 0.717) is 5.92 Å². The molecule has 1 saturated heterocycles. The Balaban J connectivity index is 1.93. The molecule has 2 heteroatoms. The largest absolute Gasteiger partial charge is 0.487 e. The highest BCUT2D eigenvalue weighted by atomic mass is 16.5. The van der Waals surface area contributed by atoms with Crippen molar-refractivity contribution in [2.75, 3.05) is 6.61 Å². The number of hydrogen-bond donors (Lipinski definition) is 0. The van der Waals surface area contributed by atoms with E-state index in [-0.39, 0.29) is 17.1 Å². The first-order valence-corrected chi connectivity index (χ1v) is 8.84. The number of hydrogen-bond acceptors (Lipinski definition) is 2. The zero-order valence-electron chi connectivity index (χ0n) is 15.2. The van der Waals surface area contributed by atoms with Gasteiger partial charge >= 0.3 is 0 Å². The van der Waals surface area contributed by atoms with Crippen LogP contribution in [0.4, 0.5) is 0 Å². The van der Waals surface area contributed by atoms with Crippen LogP contribution < -0.4 is 4.74 Å². The van der Waals surface area contributed by atoms with E-state index in [2.05, 4.69) is 65.0 Å². The molecule has 0 N–H and O–H groups in total. The molecule has 3 atom stereocenters.